The van der Waals surface area contributed by atoms with Crippen molar-refractivity contribution in [2.24, 2.45) is 11.1 Å². The highest BCUT2D eigenvalue weighted by Crippen LogP contribution is 2.38. The number of hydrogen-bond acceptors (Lipinski definition) is 3. The third-order valence-electron chi connectivity index (χ3n) is 2.60. The number of rotatable bonds is 2. The molecule has 5 heteroatoms. The first-order valence-corrected chi connectivity index (χ1v) is 5.95. The fourth-order valence-corrected chi connectivity index (χ4v) is 1.96. The second-order valence-corrected chi connectivity index (χ2v) is 5.96. The largest absolute Gasteiger partial charge is 0.507 e. The lowest BCUT2D eigenvalue weighted by Crippen LogP contribution is -2.26. The van der Waals surface area contributed by atoms with E-state index in [-0.39, 0.29) is 16.7 Å². The molecule has 0 unspecified atom stereocenters. The van der Waals surface area contributed by atoms with Crippen molar-refractivity contribution in [2.75, 3.05) is 0 Å². The van der Waals surface area contributed by atoms with Crippen LogP contribution in [0.5, 0.6) is 5.75 Å². The lowest BCUT2D eigenvalue weighted by molar-refractivity contribution is 0.0693. The molecule has 94 valence electrons. The SMILES string of the molecule is CC(C)(C)[C@@H](N)c1cc(Br)cc(C(=O)O)c1O. The van der Waals surface area contributed by atoms with Crippen LogP contribution in [0.25, 0.3) is 0 Å². The van der Waals surface area contributed by atoms with E-state index in [0.29, 0.717) is 10.0 Å². The lowest BCUT2D eigenvalue weighted by atomic mass is 9.82. The summed E-state index contributed by atoms with van der Waals surface area (Å²) in [6.45, 7) is 5.79. The van der Waals surface area contributed by atoms with E-state index in [1.165, 1.54) is 6.07 Å². The van der Waals surface area contributed by atoms with Gasteiger partial charge >= 0.3 is 5.97 Å². The van der Waals surface area contributed by atoms with E-state index < -0.39 is 12.0 Å². The van der Waals surface area contributed by atoms with E-state index >= 15 is 0 Å². The third-order valence-corrected chi connectivity index (χ3v) is 3.06. The zero-order valence-electron chi connectivity index (χ0n) is 9.99. The molecular weight excluding hydrogens is 286 g/mol. The quantitative estimate of drug-likeness (QED) is 0.784. The molecule has 4 N–H and O–H groups in total. The normalized spacial score (nSPS) is 13.5. The van der Waals surface area contributed by atoms with Crippen molar-refractivity contribution in [3.05, 3.63) is 27.7 Å². The van der Waals surface area contributed by atoms with Crippen molar-refractivity contribution in [3.8, 4) is 5.75 Å². The van der Waals surface area contributed by atoms with Gasteiger partial charge in [0.2, 0.25) is 0 Å². The number of carboxylic acid groups (broad SMARTS) is 1. The van der Waals surface area contributed by atoms with Crippen LogP contribution < -0.4 is 5.73 Å². The zero-order valence-corrected chi connectivity index (χ0v) is 11.6. The molecule has 17 heavy (non-hydrogen) atoms. The van der Waals surface area contributed by atoms with Crippen LogP contribution in [-0.2, 0) is 0 Å². The summed E-state index contributed by atoms with van der Waals surface area (Å²) in [7, 11) is 0. The first-order chi connectivity index (χ1) is 7.64. The molecule has 1 aromatic rings. The number of nitrogens with two attached hydrogens (primary N) is 1. The van der Waals surface area contributed by atoms with Gasteiger partial charge in [0.1, 0.15) is 11.3 Å². The second-order valence-electron chi connectivity index (χ2n) is 5.04. The summed E-state index contributed by atoms with van der Waals surface area (Å²) in [5, 5.41) is 18.9. The van der Waals surface area contributed by atoms with Crippen molar-refractivity contribution >= 4 is 21.9 Å². The number of halogens is 1. The number of aromatic hydroxyl groups is 1. The highest BCUT2D eigenvalue weighted by molar-refractivity contribution is 9.10. The van der Waals surface area contributed by atoms with Crippen LogP contribution in [0.1, 0.15) is 42.7 Å². The molecule has 0 spiro atoms. The summed E-state index contributed by atoms with van der Waals surface area (Å²) in [5.41, 5.74) is 6.06. The minimum absolute atomic E-state index is 0.144. The predicted octanol–water partition coefficient (Wildman–Crippen LogP) is 2.90. The van der Waals surface area contributed by atoms with Crippen LogP contribution in [0.2, 0.25) is 0 Å². The van der Waals surface area contributed by atoms with E-state index in [4.69, 9.17) is 10.8 Å². The molecule has 0 saturated carbocycles. The molecule has 0 saturated heterocycles. The van der Waals surface area contributed by atoms with Gasteiger partial charge in [-0.05, 0) is 17.5 Å². The number of carbonyl (C=O) groups is 1. The van der Waals surface area contributed by atoms with Crippen molar-refractivity contribution in [1.82, 2.24) is 0 Å². The Labute approximate surface area is 109 Å². The molecule has 0 aliphatic rings. The van der Waals surface area contributed by atoms with E-state index in [9.17, 15) is 9.90 Å². The third kappa shape index (κ3) is 2.98. The van der Waals surface area contributed by atoms with Gasteiger partial charge in [0.05, 0.1) is 0 Å². The molecule has 0 aromatic heterocycles. The number of aromatic carboxylic acids is 1. The predicted molar refractivity (Wildman–Crippen MR) is 69.1 cm³/mol. The van der Waals surface area contributed by atoms with E-state index in [1.54, 1.807) is 6.07 Å². The van der Waals surface area contributed by atoms with E-state index in [0.717, 1.165) is 0 Å². The van der Waals surface area contributed by atoms with Crippen LogP contribution in [0.3, 0.4) is 0 Å². The first kappa shape index (κ1) is 14.0. The van der Waals surface area contributed by atoms with Gasteiger partial charge in [0.15, 0.2) is 0 Å². The summed E-state index contributed by atoms with van der Waals surface area (Å²) >= 11 is 3.22. The van der Waals surface area contributed by atoms with Crippen molar-refractivity contribution in [1.29, 1.82) is 0 Å². The summed E-state index contributed by atoms with van der Waals surface area (Å²) in [4.78, 5) is 11.0. The Balaban J connectivity index is 3.40. The first-order valence-electron chi connectivity index (χ1n) is 5.16. The van der Waals surface area contributed by atoms with Gasteiger partial charge in [0.25, 0.3) is 0 Å². The van der Waals surface area contributed by atoms with Crippen molar-refractivity contribution in [2.45, 2.75) is 26.8 Å². The van der Waals surface area contributed by atoms with Crippen LogP contribution in [0.4, 0.5) is 0 Å². The second kappa shape index (κ2) is 4.66. The highest BCUT2D eigenvalue weighted by Gasteiger charge is 2.27. The minimum atomic E-state index is -1.17. The Hall–Kier alpha value is -1.07. The van der Waals surface area contributed by atoms with Crippen molar-refractivity contribution in [3.63, 3.8) is 0 Å². The highest BCUT2D eigenvalue weighted by atomic mass is 79.9. The molecule has 0 aliphatic heterocycles. The van der Waals surface area contributed by atoms with Crippen LogP contribution in [-0.4, -0.2) is 16.2 Å². The van der Waals surface area contributed by atoms with Gasteiger partial charge in [-0.3, -0.25) is 0 Å². The van der Waals surface area contributed by atoms with Gasteiger partial charge in [0, 0.05) is 16.1 Å². The maximum atomic E-state index is 11.0. The van der Waals surface area contributed by atoms with Crippen LogP contribution in [0, 0.1) is 5.41 Å². The Morgan fingerprint density at radius 2 is 1.94 bits per heavy atom. The van der Waals surface area contributed by atoms with Gasteiger partial charge < -0.3 is 15.9 Å². The number of hydrogen-bond donors (Lipinski definition) is 3. The van der Waals surface area contributed by atoms with Crippen LogP contribution >= 0.6 is 15.9 Å². The Morgan fingerprint density at radius 1 is 1.41 bits per heavy atom. The maximum Gasteiger partial charge on any atom is 0.339 e. The van der Waals surface area contributed by atoms with Crippen LogP contribution in [0.15, 0.2) is 16.6 Å². The molecule has 1 aromatic carbocycles. The summed E-state index contributed by atoms with van der Waals surface area (Å²) in [6, 6.07) is 2.56. The molecule has 0 heterocycles. The topological polar surface area (TPSA) is 83.6 Å². The Morgan fingerprint density at radius 3 is 2.35 bits per heavy atom. The van der Waals surface area contributed by atoms with Gasteiger partial charge in [-0.25, -0.2) is 4.79 Å². The minimum Gasteiger partial charge on any atom is -0.507 e. The molecular formula is C12H16BrNO3. The number of phenols is 1. The Bertz CT molecular complexity index is 452. The fraction of sp³-hybridized carbons (Fsp3) is 0.417. The summed E-state index contributed by atoms with van der Waals surface area (Å²) in [6.07, 6.45) is 0. The van der Waals surface area contributed by atoms with Crippen molar-refractivity contribution < 1.29 is 15.0 Å². The summed E-state index contributed by atoms with van der Waals surface area (Å²) < 4.78 is 0.586. The average Bonchev–Trinajstić information content (AvgIpc) is 2.18. The summed E-state index contributed by atoms with van der Waals surface area (Å²) in [5.74, 6) is -1.44. The van der Waals surface area contributed by atoms with Gasteiger partial charge in [-0.15, -0.1) is 0 Å². The molecule has 1 rings (SSSR count). The lowest BCUT2D eigenvalue weighted by Gasteiger charge is -2.28. The Kier molecular flexibility index (Phi) is 3.84. The smallest absolute Gasteiger partial charge is 0.339 e. The molecule has 0 amide bonds. The molecule has 4 nitrogen and oxygen atoms in total. The molecule has 0 fully saturated rings. The number of carboxylic acids is 1. The molecule has 0 aliphatic carbocycles. The molecule has 0 bridgehead atoms. The number of benzene rings is 1. The molecule has 1 atom stereocenters. The molecule has 0 radical (unpaired) electrons. The fourth-order valence-electron chi connectivity index (χ4n) is 1.49. The van der Waals surface area contributed by atoms with Gasteiger partial charge in [-0.1, -0.05) is 36.7 Å². The standard InChI is InChI=1S/C12H16BrNO3/c1-12(2,3)10(14)7-4-6(13)5-8(9(7)15)11(16)17/h4-5,10,15H,14H2,1-3H3,(H,16,17)/t10-/m0/s1. The van der Waals surface area contributed by atoms with E-state index in [2.05, 4.69) is 15.9 Å². The monoisotopic (exact) mass is 301 g/mol. The van der Waals surface area contributed by atoms with E-state index in [1.807, 2.05) is 20.8 Å². The zero-order chi connectivity index (χ0) is 13.4. The maximum absolute atomic E-state index is 11.0. The van der Waals surface area contributed by atoms with Gasteiger partial charge in [-0.2, -0.15) is 0 Å². The average molecular weight is 302 g/mol.